The van der Waals surface area contributed by atoms with Gasteiger partial charge in [-0.3, -0.25) is 4.79 Å². The van der Waals surface area contributed by atoms with Crippen LogP contribution in [0.3, 0.4) is 0 Å². The molecule has 18 heavy (non-hydrogen) atoms. The third-order valence-corrected chi connectivity index (χ3v) is 5.39. The summed E-state index contributed by atoms with van der Waals surface area (Å²) in [6.07, 6.45) is 3.37. The molecule has 0 unspecified atom stereocenters. The number of hydrogen-bond donors (Lipinski definition) is 1. The van der Waals surface area contributed by atoms with Crippen molar-refractivity contribution in [2.75, 3.05) is 32.9 Å². The van der Waals surface area contributed by atoms with Crippen molar-refractivity contribution >= 4 is 28.2 Å². The van der Waals surface area contributed by atoms with Gasteiger partial charge in [0.2, 0.25) is 5.91 Å². The van der Waals surface area contributed by atoms with E-state index in [4.69, 9.17) is 0 Å². The molecule has 0 bridgehead atoms. The predicted octanol–water partition coefficient (Wildman–Crippen LogP) is 0.443. The van der Waals surface area contributed by atoms with E-state index in [2.05, 4.69) is 5.32 Å². The summed E-state index contributed by atoms with van der Waals surface area (Å²) in [5, 5.41) is 2.64. The number of rotatable bonds is 6. The van der Waals surface area contributed by atoms with E-state index < -0.39 is 9.84 Å². The van der Waals surface area contributed by atoms with Crippen LogP contribution in [0.25, 0.3) is 0 Å². The Hall–Kier alpha value is -0.330. The molecule has 108 valence electrons. The number of carbonyl (C=O) groups is 1. The maximum Gasteiger partial charge on any atom is 0.237 e. The number of likely N-dealkylation sites (N-methyl/N-ethyl adjacent to an activating group) is 2. The average molecular weight is 299 g/mol. The van der Waals surface area contributed by atoms with Gasteiger partial charge >= 0.3 is 0 Å². The molecule has 0 aromatic heterocycles. The minimum absolute atomic E-state index is 0. The van der Waals surface area contributed by atoms with Crippen LogP contribution >= 0.6 is 12.4 Å². The summed E-state index contributed by atoms with van der Waals surface area (Å²) >= 11 is 0. The van der Waals surface area contributed by atoms with E-state index in [1.807, 2.05) is 0 Å². The molecule has 0 aromatic carbocycles. The summed E-state index contributed by atoms with van der Waals surface area (Å²) in [7, 11) is 0.201. The monoisotopic (exact) mass is 298 g/mol. The van der Waals surface area contributed by atoms with Crippen LogP contribution in [0.1, 0.15) is 25.7 Å². The number of nitrogens with zero attached hydrogens (tertiary/aromatic N) is 1. The number of hydrogen-bond acceptors (Lipinski definition) is 4. The maximum absolute atomic E-state index is 12.0. The highest BCUT2D eigenvalue weighted by atomic mass is 35.5. The molecule has 1 aliphatic rings. The fourth-order valence-electron chi connectivity index (χ4n) is 2.05. The molecule has 0 aliphatic heterocycles. The summed E-state index contributed by atoms with van der Waals surface area (Å²) in [5.74, 6) is -0.634. The molecule has 0 aromatic rings. The third-order valence-electron chi connectivity index (χ3n) is 3.26. The Morgan fingerprint density at radius 2 is 1.89 bits per heavy atom. The quantitative estimate of drug-likeness (QED) is 0.773. The van der Waals surface area contributed by atoms with Crippen molar-refractivity contribution in [1.29, 1.82) is 0 Å². The van der Waals surface area contributed by atoms with Crippen LogP contribution in [0, 0.1) is 0 Å². The lowest BCUT2D eigenvalue weighted by atomic mass is 10.4. The first-order valence-corrected chi connectivity index (χ1v) is 7.79. The predicted molar refractivity (Wildman–Crippen MR) is 74.9 cm³/mol. The molecule has 1 amide bonds. The SMILES string of the molecule is CNCCN(C)C(=O)CS(=O)(=O)C1CCCC1.Cl. The Labute approximate surface area is 116 Å². The molecule has 0 saturated heterocycles. The second-order valence-corrected chi connectivity index (χ2v) is 6.91. The lowest BCUT2D eigenvalue weighted by Crippen LogP contribution is -2.38. The molecule has 1 aliphatic carbocycles. The number of amides is 1. The van der Waals surface area contributed by atoms with Gasteiger partial charge in [-0.15, -0.1) is 12.4 Å². The van der Waals surface area contributed by atoms with E-state index in [-0.39, 0.29) is 29.3 Å². The van der Waals surface area contributed by atoms with Crippen LogP contribution in [-0.4, -0.2) is 57.4 Å². The first-order chi connectivity index (χ1) is 7.97. The average Bonchev–Trinajstić information content (AvgIpc) is 2.79. The summed E-state index contributed by atoms with van der Waals surface area (Å²) < 4.78 is 23.9. The summed E-state index contributed by atoms with van der Waals surface area (Å²) in [6, 6.07) is 0. The van der Waals surface area contributed by atoms with Crippen molar-refractivity contribution < 1.29 is 13.2 Å². The summed E-state index contributed by atoms with van der Waals surface area (Å²) in [5.41, 5.74) is 0. The topological polar surface area (TPSA) is 66.5 Å². The van der Waals surface area contributed by atoms with Crippen LogP contribution in [-0.2, 0) is 14.6 Å². The van der Waals surface area contributed by atoms with Crippen molar-refractivity contribution in [3.05, 3.63) is 0 Å². The van der Waals surface area contributed by atoms with E-state index in [0.29, 0.717) is 13.1 Å². The number of carbonyl (C=O) groups excluding carboxylic acids is 1. The molecule has 1 rings (SSSR count). The molecule has 1 fully saturated rings. The van der Waals surface area contributed by atoms with Crippen molar-refractivity contribution in [3.8, 4) is 0 Å². The lowest BCUT2D eigenvalue weighted by molar-refractivity contribution is -0.127. The second-order valence-electron chi connectivity index (χ2n) is 4.63. The van der Waals surface area contributed by atoms with Crippen LogP contribution in [0.5, 0.6) is 0 Å². The van der Waals surface area contributed by atoms with Gasteiger partial charge in [0.15, 0.2) is 9.84 Å². The molecule has 0 heterocycles. The first-order valence-electron chi connectivity index (χ1n) is 6.07. The number of sulfone groups is 1. The van der Waals surface area contributed by atoms with Crippen molar-refractivity contribution in [2.45, 2.75) is 30.9 Å². The molecule has 5 nitrogen and oxygen atoms in total. The minimum atomic E-state index is -3.24. The van der Waals surface area contributed by atoms with Gasteiger partial charge in [-0.05, 0) is 19.9 Å². The highest BCUT2D eigenvalue weighted by Crippen LogP contribution is 2.25. The summed E-state index contributed by atoms with van der Waals surface area (Å²) in [4.78, 5) is 13.2. The maximum atomic E-state index is 12.0. The minimum Gasteiger partial charge on any atom is -0.344 e. The molecule has 0 atom stereocenters. The van der Waals surface area contributed by atoms with E-state index >= 15 is 0 Å². The largest absolute Gasteiger partial charge is 0.344 e. The van der Waals surface area contributed by atoms with Gasteiger partial charge in [-0.1, -0.05) is 12.8 Å². The van der Waals surface area contributed by atoms with E-state index in [9.17, 15) is 13.2 Å². The van der Waals surface area contributed by atoms with Crippen LogP contribution in [0.4, 0.5) is 0 Å². The Morgan fingerprint density at radius 3 is 2.39 bits per heavy atom. The van der Waals surface area contributed by atoms with Crippen molar-refractivity contribution in [2.24, 2.45) is 0 Å². The van der Waals surface area contributed by atoms with E-state index in [1.54, 1.807) is 14.1 Å². The van der Waals surface area contributed by atoms with Gasteiger partial charge in [0.1, 0.15) is 5.75 Å². The fraction of sp³-hybridized carbons (Fsp3) is 0.909. The highest BCUT2D eigenvalue weighted by Gasteiger charge is 2.31. The van der Waals surface area contributed by atoms with Gasteiger partial charge in [0.05, 0.1) is 5.25 Å². The fourth-order valence-corrected chi connectivity index (χ4v) is 3.90. The van der Waals surface area contributed by atoms with Gasteiger partial charge < -0.3 is 10.2 Å². The van der Waals surface area contributed by atoms with E-state index in [0.717, 1.165) is 25.7 Å². The molecule has 0 radical (unpaired) electrons. The Kier molecular flexibility index (Phi) is 7.82. The van der Waals surface area contributed by atoms with Gasteiger partial charge in [0.25, 0.3) is 0 Å². The zero-order chi connectivity index (χ0) is 12.9. The number of halogens is 1. The third kappa shape index (κ3) is 5.12. The molecule has 1 saturated carbocycles. The molecule has 1 N–H and O–H groups in total. The van der Waals surface area contributed by atoms with Gasteiger partial charge in [-0.2, -0.15) is 0 Å². The van der Waals surface area contributed by atoms with Crippen LogP contribution < -0.4 is 5.32 Å². The summed E-state index contributed by atoms with van der Waals surface area (Å²) in [6.45, 7) is 1.21. The Bertz CT molecular complexity index is 353. The molecule has 7 heteroatoms. The molecular formula is C11H23ClN2O3S. The van der Waals surface area contributed by atoms with Crippen molar-refractivity contribution in [3.63, 3.8) is 0 Å². The van der Waals surface area contributed by atoms with Crippen molar-refractivity contribution in [1.82, 2.24) is 10.2 Å². The van der Waals surface area contributed by atoms with Gasteiger partial charge in [-0.25, -0.2) is 8.42 Å². The normalized spacial score (nSPS) is 16.3. The van der Waals surface area contributed by atoms with E-state index in [1.165, 1.54) is 4.90 Å². The number of nitrogens with one attached hydrogen (secondary N) is 1. The molecular weight excluding hydrogens is 276 g/mol. The van der Waals surface area contributed by atoms with Crippen LogP contribution in [0.15, 0.2) is 0 Å². The lowest BCUT2D eigenvalue weighted by Gasteiger charge is -2.18. The standard InChI is InChI=1S/C11H22N2O3S.ClH/c1-12-7-8-13(2)11(14)9-17(15,16)10-5-3-4-6-10;/h10,12H,3-9H2,1-2H3;1H. The first kappa shape index (κ1) is 17.7. The highest BCUT2D eigenvalue weighted by molar-refractivity contribution is 7.92. The Morgan fingerprint density at radius 1 is 1.33 bits per heavy atom. The Balaban J connectivity index is 0.00000289. The second kappa shape index (κ2) is 7.96. The molecule has 0 spiro atoms. The zero-order valence-electron chi connectivity index (χ0n) is 11.0. The zero-order valence-corrected chi connectivity index (χ0v) is 12.6. The van der Waals surface area contributed by atoms with Crippen LogP contribution in [0.2, 0.25) is 0 Å². The van der Waals surface area contributed by atoms with Gasteiger partial charge in [0, 0.05) is 20.1 Å². The smallest absolute Gasteiger partial charge is 0.237 e.